The number of nitrogens with one attached hydrogen (secondary N) is 1. The molecule has 3 N–H and O–H groups in total. The number of piperazine rings is 2. The first kappa shape index (κ1) is 37.3. The smallest absolute Gasteiger partial charge is 0.369 e. The van der Waals surface area contributed by atoms with Crippen molar-refractivity contribution in [1.29, 1.82) is 0 Å². The van der Waals surface area contributed by atoms with Gasteiger partial charge in [-0.05, 0) is 48.5 Å². The van der Waals surface area contributed by atoms with Gasteiger partial charge in [0, 0.05) is 63.7 Å². The van der Waals surface area contributed by atoms with Gasteiger partial charge in [-0.3, -0.25) is 19.3 Å². The van der Waals surface area contributed by atoms with E-state index >= 15 is 0 Å². The quantitative estimate of drug-likeness (QED) is 0.172. The van der Waals surface area contributed by atoms with Crippen molar-refractivity contribution in [2.45, 2.75) is 24.8 Å². The zero-order valence-electron chi connectivity index (χ0n) is 24.7. The highest BCUT2D eigenvalue weighted by molar-refractivity contribution is 7.87. The van der Waals surface area contributed by atoms with Crippen molar-refractivity contribution in [2.24, 2.45) is 0 Å². The molecule has 3 heterocycles. The molecule has 3 fully saturated rings. The highest BCUT2D eigenvalue weighted by Crippen LogP contribution is 2.32. The lowest BCUT2D eigenvalue weighted by Gasteiger charge is -2.35. The predicted molar refractivity (Wildman–Crippen MR) is 156 cm³/mol. The molecule has 48 heavy (non-hydrogen) atoms. The van der Waals surface area contributed by atoms with Gasteiger partial charge >= 0.3 is 22.7 Å². The number of imide groups is 1. The molecule has 266 valence electrons. The first-order valence-corrected chi connectivity index (χ1v) is 16.9. The molecule has 2 aromatic carbocycles. The van der Waals surface area contributed by atoms with Crippen LogP contribution in [0, 0.1) is 0 Å². The standard InChI is InChI=1S/C15H17F3N4O5S.C11H13F3N2O3S/c16-15(17,18)10-1-3-11(4-2-10)20-5-7-21(8-6-20)28(26,27)19-12-9-13(23)22(25)14(12)24;12-11(13,14)9-1-3-10(4-2-9)15-5-7-16(8-6-15)20(17,18)19/h1-4,12,19,25H,5-9H2;1-4H,5-8H2,(H,17,18,19)/t12-;/m1./s1. The van der Waals surface area contributed by atoms with Crippen LogP contribution in [-0.2, 0) is 42.5 Å². The van der Waals surface area contributed by atoms with E-state index < -0.39 is 68.3 Å². The summed E-state index contributed by atoms with van der Waals surface area (Å²) in [5.74, 6) is -1.94. The fraction of sp³-hybridized carbons (Fsp3) is 0.462. The first-order chi connectivity index (χ1) is 22.2. The van der Waals surface area contributed by atoms with Gasteiger partial charge in [-0.25, -0.2) is 0 Å². The van der Waals surface area contributed by atoms with Crippen molar-refractivity contribution in [3.63, 3.8) is 0 Å². The minimum absolute atomic E-state index is 0.0358. The summed E-state index contributed by atoms with van der Waals surface area (Å²) in [6.45, 7) is 1.35. The number of rotatable bonds is 6. The van der Waals surface area contributed by atoms with Gasteiger partial charge in [0.2, 0.25) is 0 Å². The second-order valence-corrected chi connectivity index (χ2v) is 13.9. The number of amides is 2. The fourth-order valence-corrected chi connectivity index (χ4v) is 7.01. The highest BCUT2D eigenvalue weighted by atomic mass is 32.2. The molecule has 2 aromatic rings. The number of hydrogen-bond donors (Lipinski definition) is 3. The summed E-state index contributed by atoms with van der Waals surface area (Å²) in [6.07, 6.45) is -9.28. The molecule has 3 saturated heterocycles. The first-order valence-electron chi connectivity index (χ1n) is 14.1. The van der Waals surface area contributed by atoms with E-state index in [4.69, 9.17) is 4.55 Å². The average molecular weight is 733 g/mol. The Hall–Kier alpha value is -3.54. The summed E-state index contributed by atoms with van der Waals surface area (Å²) in [7, 11) is -8.28. The molecule has 0 saturated carbocycles. The molecule has 14 nitrogen and oxygen atoms in total. The molecule has 0 unspecified atom stereocenters. The second kappa shape index (κ2) is 14.1. The molecule has 3 aliphatic heterocycles. The number of halogens is 6. The van der Waals surface area contributed by atoms with Crippen molar-refractivity contribution in [2.75, 3.05) is 62.2 Å². The summed E-state index contributed by atoms with van der Waals surface area (Å²) in [6, 6.07) is 7.89. The molecule has 0 aromatic heterocycles. The lowest BCUT2D eigenvalue weighted by Crippen LogP contribution is -2.54. The van der Waals surface area contributed by atoms with Gasteiger partial charge in [0.1, 0.15) is 6.04 Å². The van der Waals surface area contributed by atoms with Crippen molar-refractivity contribution in [3.05, 3.63) is 59.7 Å². The van der Waals surface area contributed by atoms with Crippen molar-refractivity contribution < 1.29 is 62.5 Å². The Morgan fingerprint density at radius 1 is 0.646 bits per heavy atom. The monoisotopic (exact) mass is 732 g/mol. The fourth-order valence-electron chi connectivity index (χ4n) is 5.05. The van der Waals surface area contributed by atoms with E-state index in [1.165, 1.54) is 24.3 Å². The molecule has 2 amide bonds. The Bertz CT molecular complexity index is 1680. The zero-order chi connectivity index (χ0) is 35.7. The largest absolute Gasteiger partial charge is 0.416 e. The maximum absolute atomic E-state index is 12.6. The van der Waals surface area contributed by atoms with E-state index in [1.807, 2.05) is 0 Å². The van der Waals surface area contributed by atoms with Crippen LogP contribution in [0.2, 0.25) is 0 Å². The van der Waals surface area contributed by atoms with E-state index in [2.05, 4.69) is 4.72 Å². The van der Waals surface area contributed by atoms with Gasteiger partial charge in [-0.2, -0.15) is 61.6 Å². The Labute approximate surface area is 271 Å². The van der Waals surface area contributed by atoms with Gasteiger partial charge in [0.05, 0.1) is 17.5 Å². The number of anilines is 2. The third kappa shape index (κ3) is 9.12. The minimum Gasteiger partial charge on any atom is -0.369 e. The molecule has 0 spiro atoms. The number of benzene rings is 2. The molecular weight excluding hydrogens is 702 g/mol. The highest BCUT2D eigenvalue weighted by Gasteiger charge is 2.42. The van der Waals surface area contributed by atoms with Gasteiger partial charge < -0.3 is 9.80 Å². The summed E-state index contributed by atoms with van der Waals surface area (Å²) in [5, 5.41) is 9.07. The molecule has 0 bridgehead atoms. The number of nitrogens with zero attached hydrogens (tertiary/aromatic N) is 5. The SMILES string of the molecule is O=C1C[C@@H](NS(=O)(=O)N2CCN(c3ccc(C(F)(F)F)cc3)CC2)C(=O)N1O.O=S(=O)(O)N1CCN(c2ccc(C(F)(F)F)cc2)CC1. The lowest BCUT2D eigenvalue weighted by molar-refractivity contribution is -0.171. The maximum Gasteiger partial charge on any atom is 0.416 e. The lowest BCUT2D eigenvalue weighted by atomic mass is 10.2. The van der Waals surface area contributed by atoms with E-state index in [0.29, 0.717) is 24.5 Å². The third-order valence-corrected chi connectivity index (χ3v) is 10.3. The number of carbonyl (C=O) groups is 2. The number of carbonyl (C=O) groups excluding carboxylic acids is 2. The average Bonchev–Trinajstić information content (AvgIpc) is 3.26. The summed E-state index contributed by atoms with van der Waals surface area (Å²) >= 11 is 0. The predicted octanol–water partition coefficient (Wildman–Crippen LogP) is 1.81. The van der Waals surface area contributed by atoms with Gasteiger partial charge in [-0.1, -0.05) is 0 Å². The Kier molecular flexibility index (Phi) is 11.0. The number of hydrogen-bond acceptors (Lipinski definition) is 9. The van der Waals surface area contributed by atoms with Crippen LogP contribution in [0.15, 0.2) is 48.5 Å². The Morgan fingerprint density at radius 3 is 1.33 bits per heavy atom. The van der Waals surface area contributed by atoms with Crippen molar-refractivity contribution in [1.82, 2.24) is 18.4 Å². The van der Waals surface area contributed by atoms with Gasteiger partial charge in [0.25, 0.3) is 22.0 Å². The van der Waals surface area contributed by atoms with Crippen LogP contribution in [-0.4, -0.2) is 110 Å². The molecular formula is C26H30F6N6O8S2. The van der Waals surface area contributed by atoms with Crippen molar-refractivity contribution >= 4 is 43.7 Å². The van der Waals surface area contributed by atoms with E-state index in [-0.39, 0.29) is 44.3 Å². The number of hydroxylamine groups is 2. The van der Waals surface area contributed by atoms with Crippen LogP contribution in [0.4, 0.5) is 37.7 Å². The summed E-state index contributed by atoms with van der Waals surface area (Å²) in [4.78, 5) is 26.4. The van der Waals surface area contributed by atoms with Gasteiger partial charge in [0.15, 0.2) is 0 Å². The Morgan fingerprint density at radius 2 is 1.02 bits per heavy atom. The summed E-state index contributed by atoms with van der Waals surface area (Å²) < 4.78 is 135. The van der Waals surface area contributed by atoms with Crippen LogP contribution < -0.4 is 14.5 Å². The molecule has 22 heteroatoms. The normalized spacial score (nSPS) is 20.6. The molecule has 0 radical (unpaired) electrons. The van der Waals surface area contributed by atoms with E-state index in [0.717, 1.165) is 32.9 Å². The third-order valence-electron chi connectivity index (χ3n) is 7.68. The molecule has 1 atom stereocenters. The van der Waals surface area contributed by atoms with Crippen LogP contribution in [0.1, 0.15) is 17.5 Å². The van der Waals surface area contributed by atoms with Gasteiger partial charge in [-0.15, -0.1) is 0 Å². The zero-order valence-corrected chi connectivity index (χ0v) is 26.4. The minimum atomic E-state index is -4.43. The molecule has 3 aliphatic rings. The van der Waals surface area contributed by atoms with Crippen LogP contribution in [0.25, 0.3) is 0 Å². The molecule has 5 rings (SSSR count). The van der Waals surface area contributed by atoms with Crippen LogP contribution in [0.5, 0.6) is 0 Å². The Balaban J connectivity index is 0.000000229. The van der Waals surface area contributed by atoms with Crippen LogP contribution >= 0.6 is 0 Å². The van der Waals surface area contributed by atoms with E-state index in [1.54, 1.807) is 9.80 Å². The van der Waals surface area contributed by atoms with Crippen LogP contribution in [0.3, 0.4) is 0 Å². The van der Waals surface area contributed by atoms with Crippen molar-refractivity contribution in [3.8, 4) is 0 Å². The van der Waals surface area contributed by atoms with E-state index in [9.17, 15) is 58.0 Å². The second-order valence-electron chi connectivity index (χ2n) is 10.8. The summed E-state index contributed by atoms with van der Waals surface area (Å²) in [5.41, 5.74) is -0.369. The molecule has 0 aliphatic carbocycles. The number of alkyl halides is 6. The topological polar surface area (TPSA) is 171 Å². The maximum atomic E-state index is 12.6.